The van der Waals surface area contributed by atoms with E-state index in [1.165, 1.54) is 0 Å². The molecule has 0 saturated heterocycles. The Morgan fingerprint density at radius 3 is 2.52 bits per heavy atom. The van der Waals surface area contributed by atoms with Crippen LogP contribution in [0.15, 0.2) is 23.1 Å². The number of hydrogen-bond donors (Lipinski definition) is 1. The Bertz CT molecular complexity index is 634. The summed E-state index contributed by atoms with van der Waals surface area (Å²) in [7, 11) is -3.99. The molecule has 8 heteroatoms. The fraction of sp³-hybridized carbons (Fsp3) is 0.462. The van der Waals surface area contributed by atoms with Crippen LogP contribution in [0.25, 0.3) is 0 Å². The molecule has 4 nitrogen and oxygen atoms in total. The van der Waals surface area contributed by atoms with Crippen molar-refractivity contribution in [2.45, 2.75) is 37.3 Å². The zero-order valence-corrected chi connectivity index (χ0v) is 12.2. The first-order valence-electron chi connectivity index (χ1n) is 6.23. The van der Waals surface area contributed by atoms with E-state index in [4.69, 9.17) is 5.26 Å². The van der Waals surface area contributed by atoms with Crippen molar-refractivity contribution in [2.24, 2.45) is 0 Å². The monoisotopic (exact) mass is 320 g/mol. The quantitative estimate of drug-likeness (QED) is 0.819. The second-order valence-electron chi connectivity index (χ2n) is 4.44. The lowest BCUT2D eigenvalue weighted by Crippen LogP contribution is -2.26. The van der Waals surface area contributed by atoms with Gasteiger partial charge in [-0.05, 0) is 37.5 Å². The summed E-state index contributed by atoms with van der Waals surface area (Å²) in [5.41, 5.74) is -1.29. The smallest absolute Gasteiger partial charge is 0.211 e. The van der Waals surface area contributed by atoms with E-state index in [2.05, 4.69) is 4.72 Å². The number of sulfonamides is 1. The number of halogens is 3. The van der Waals surface area contributed by atoms with Gasteiger partial charge < -0.3 is 0 Å². The number of nitrogens with one attached hydrogen (secondary N) is 1. The highest BCUT2D eigenvalue weighted by atomic mass is 32.2. The van der Waals surface area contributed by atoms with E-state index in [-0.39, 0.29) is 17.0 Å². The molecule has 0 saturated carbocycles. The summed E-state index contributed by atoms with van der Waals surface area (Å²) in [6.07, 6.45) is -3.31. The molecule has 0 unspecified atom stereocenters. The maximum absolute atomic E-state index is 12.8. The molecule has 0 radical (unpaired) electrons. The van der Waals surface area contributed by atoms with E-state index in [0.717, 1.165) is 25.1 Å². The van der Waals surface area contributed by atoms with Gasteiger partial charge >= 0.3 is 6.18 Å². The molecule has 21 heavy (non-hydrogen) atoms. The van der Waals surface area contributed by atoms with Gasteiger partial charge in [0.25, 0.3) is 0 Å². The molecular weight excluding hydrogens is 305 g/mol. The van der Waals surface area contributed by atoms with Gasteiger partial charge in [0.05, 0.1) is 16.5 Å². The van der Waals surface area contributed by atoms with Crippen LogP contribution in [-0.2, 0) is 16.2 Å². The van der Waals surface area contributed by atoms with Crippen LogP contribution < -0.4 is 4.72 Å². The van der Waals surface area contributed by atoms with Crippen LogP contribution in [0.2, 0.25) is 0 Å². The lowest BCUT2D eigenvalue weighted by Gasteiger charge is -2.14. The van der Waals surface area contributed by atoms with Gasteiger partial charge in [0.15, 0.2) is 0 Å². The molecule has 0 aliphatic heterocycles. The number of rotatable bonds is 6. The maximum atomic E-state index is 12.8. The molecule has 0 spiro atoms. The van der Waals surface area contributed by atoms with Crippen LogP contribution >= 0.6 is 0 Å². The van der Waals surface area contributed by atoms with E-state index < -0.39 is 21.8 Å². The normalized spacial score (nSPS) is 12.1. The summed E-state index contributed by atoms with van der Waals surface area (Å²) in [4.78, 5) is -0.377. The summed E-state index contributed by atoms with van der Waals surface area (Å²) in [5, 5.41) is 8.35. The summed E-state index contributed by atoms with van der Waals surface area (Å²) in [6.45, 7) is 1.22. The average Bonchev–Trinajstić information content (AvgIpc) is 2.37. The molecule has 0 amide bonds. The summed E-state index contributed by atoms with van der Waals surface area (Å²) >= 11 is 0. The predicted molar refractivity (Wildman–Crippen MR) is 70.8 cm³/mol. The molecule has 1 aromatic rings. The first-order chi connectivity index (χ1) is 9.70. The second kappa shape index (κ2) is 6.91. The van der Waals surface area contributed by atoms with Crippen LogP contribution in [-0.4, -0.2) is 15.0 Å². The van der Waals surface area contributed by atoms with Crippen LogP contribution in [0.5, 0.6) is 0 Å². The Morgan fingerprint density at radius 2 is 1.95 bits per heavy atom. The van der Waals surface area contributed by atoms with Crippen LogP contribution in [0, 0.1) is 18.3 Å². The number of nitriles is 1. The van der Waals surface area contributed by atoms with Gasteiger partial charge in [0, 0.05) is 13.0 Å². The molecule has 0 aliphatic rings. The fourth-order valence-corrected chi connectivity index (χ4v) is 3.17. The molecule has 0 aliphatic carbocycles. The Labute approximate surface area is 121 Å². The van der Waals surface area contributed by atoms with Gasteiger partial charge in [-0.25, -0.2) is 13.1 Å². The number of hydrogen-bond acceptors (Lipinski definition) is 3. The minimum absolute atomic E-state index is 0.0830. The highest BCUT2D eigenvalue weighted by Gasteiger charge is 2.34. The molecule has 0 aromatic heterocycles. The highest BCUT2D eigenvalue weighted by molar-refractivity contribution is 7.89. The lowest BCUT2D eigenvalue weighted by atomic mass is 10.1. The van der Waals surface area contributed by atoms with Crippen molar-refractivity contribution in [1.29, 1.82) is 5.26 Å². The van der Waals surface area contributed by atoms with Crippen molar-refractivity contribution >= 4 is 10.0 Å². The minimum atomic E-state index is -4.59. The third-order valence-corrected chi connectivity index (χ3v) is 4.49. The third kappa shape index (κ3) is 4.72. The molecule has 1 N–H and O–H groups in total. The van der Waals surface area contributed by atoms with Crippen molar-refractivity contribution in [3.8, 4) is 6.07 Å². The predicted octanol–water partition coefficient (Wildman–Crippen LogP) is 2.99. The SMILES string of the molecule is Cc1c(C(F)(F)F)cccc1S(=O)(=O)NCCCCC#N. The topological polar surface area (TPSA) is 70.0 Å². The Hall–Kier alpha value is -1.59. The molecule has 1 rings (SSSR count). The first-order valence-corrected chi connectivity index (χ1v) is 7.72. The van der Waals surface area contributed by atoms with Crippen molar-refractivity contribution in [1.82, 2.24) is 4.72 Å². The number of benzene rings is 1. The van der Waals surface area contributed by atoms with Gasteiger partial charge in [0.1, 0.15) is 0 Å². The van der Waals surface area contributed by atoms with Crippen molar-refractivity contribution in [3.63, 3.8) is 0 Å². The average molecular weight is 320 g/mol. The molecule has 116 valence electrons. The van der Waals surface area contributed by atoms with E-state index >= 15 is 0 Å². The van der Waals surface area contributed by atoms with Gasteiger partial charge in [-0.2, -0.15) is 18.4 Å². The molecule has 0 fully saturated rings. The van der Waals surface area contributed by atoms with E-state index in [9.17, 15) is 21.6 Å². The van der Waals surface area contributed by atoms with Gasteiger partial charge in [-0.15, -0.1) is 0 Å². The Morgan fingerprint density at radius 1 is 1.29 bits per heavy atom. The molecular formula is C13H15F3N2O2S. The Kier molecular flexibility index (Phi) is 5.75. The summed E-state index contributed by atoms with van der Waals surface area (Å²) < 4.78 is 64.6. The number of nitrogens with zero attached hydrogens (tertiary/aromatic N) is 1. The number of alkyl halides is 3. The summed E-state index contributed by atoms with van der Waals surface area (Å²) in [5.74, 6) is 0. The second-order valence-corrected chi connectivity index (χ2v) is 6.17. The zero-order valence-electron chi connectivity index (χ0n) is 11.4. The van der Waals surface area contributed by atoms with Gasteiger partial charge in [0.2, 0.25) is 10.0 Å². The van der Waals surface area contributed by atoms with Crippen LogP contribution in [0.1, 0.15) is 30.4 Å². The molecule has 0 bridgehead atoms. The fourth-order valence-electron chi connectivity index (χ4n) is 1.83. The standard InChI is InChI=1S/C13H15F3N2O2S/c1-10-11(13(14,15)16)6-5-7-12(10)21(19,20)18-9-4-2-3-8-17/h5-7,18H,2-4,9H2,1H3. The van der Waals surface area contributed by atoms with E-state index in [1.54, 1.807) is 0 Å². The first kappa shape index (κ1) is 17.5. The zero-order chi connectivity index (χ0) is 16.1. The van der Waals surface area contributed by atoms with Crippen LogP contribution in [0.3, 0.4) is 0 Å². The summed E-state index contributed by atoms with van der Waals surface area (Å²) in [6, 6.07) is 4.99. The van der Waals surface area contributed by atoms with E-state index in [1.807, 2.05) is 6.07 Å². The van der Waals surface area contributed by atoms with Crippen LogP contribution in [0.4, 0.5) is 13.2 Å². The molecule has 1 aromatic carbocycles. The van der Waals surface area contributed by atoms with Crippen molar-refractivity contribution in [3.05, 3.63) is 29.3 Å². The minimum Gasteiger partial charge on any atom is -0.211 e. The highest BCUT2D eigenvalue weighted by Crippen LogP contribution is 2.34. The van der Waals surface area contributed by atoms with Crippen molar-refractivity contribution in [2.75, 3.05) is 6.54 Å². The number of unbranched alkanes of at least 4 members (excludes halogenated alkanes) is 2. The molecule has 0 heterocycles. The van der Waals surface area contributed by atoms with Crippen molar-refractivity contribution < 1.29 is 21.6 Å². The Balaban J connectivity index is 2.92. The van der Waals surface area contributed by atoms with E-state index in [0.29, 0.717) is 19.3 Å². The molecule has 0 atom stereocenters. The lowest BCUT2D eigenvalue weighted by molar-refractivity contribution is -0.138. The van der Waals surface area contributed by atoms with Gasteiger partial charge in [-0.1, -0.05) is 6.07 Å². The van der Waals surface area contributed by atoms with Gasteiger partial charge in [-0.3, -0.25) is 0 Å². The maximum Gasteiger partial charge on any atom is 0.416 e. The largest absolute Gasteiger partial charge is 0.416 e. The third-order valence-electron chi connectivity index (χ3n) is 2.89.